The van der Waals surface area contributed by atoms with E-state index in [9.17, 15) is 9.59 Å². The number of methoxy groups -OCH3 is 1. The number of benzene rings is 2. The SMILES string of the molecule is COCCCn1cc(CN(C(=O)[C@H]2CN(C(=O)OC(C)(C)C)CC[C@@H]2c2cccc(C#Cc3ccc(N(C)C)nc3)c2)C2CC2)c2ccccc21. The number of hydrogen-bond acceptors (Lipinski definition) is 6. The summed E-state index contributed by atoms with van der Waals surface area (Å²) in [5, 5.41) is 1.17. The Bertz CT molecular complexity index is 1890. The Morgan fingerprint density at radius 1 is 0.980 bits per heavy atom. The van der Waals surface area contributed by atoms with E-state index in [1.165, 1.54) is 10.9 Å². The number of fused-ring (bicyclic) bond motifs is 1. The summed E-state index contributed by atoms with van der Waals surface area (Å²) in [5.74, 6) is 7.04. The second-order valence-electron chi connectivity index (χ2n) is 15.0. The molecule has 2 fully saturated rings. The van der Waals surface area contributed by atoms with Crippen LogP contribution >= 0.6 is 0 Å². The Labute approximate surface area is 302 Å². The molecule has 0 radical (unpaired) electrons. The molecule has 0 N–H and O–H groups in total. The molecule has 4 aromatic rings. The molecule has 2 aromatic heterocycles. The lowest BCUT2D eigenvalue weighted by molar-refractivity contribution is -0.139. The van der Waals surface area contributed by atoms with Crippen molar-refractivity contribution < 1.29 is 19.1 Å². The number of nitrogens with zero attached hydrogens (tertiary/aromatic N) is 5. The number of aryl methyl sites for hydroxylation is 1. The summed E-state index contributed by atoms with van der Waals surface area (Å²) in [7, 11) is 5.65. The predicted octanol–water partition coefficient (Wildman–Crippen LogP) is 7.07. The maximum absolute atomic E-state index is 14.9. The molecule has 2 atom stereocenters. The molecule has 0 spiro atoms. The van der Waals surface area contributed by atoms with E-state index in [1.807, 2.05) is 64.0 Å². The highest BCUT2D eigenvalue weighted by Crippen LogP contribution is 2.39. The minimum Gasteiger partial charge on any atom is -0.444 e. The summed E-state index contributed by atoms with van der Waals surface area (Å²) in [4.78, 5) is 38.6. The van der Waals surface area contributed by atoms with E-state index in [1.54, 1.807) is 18.2 Å². The van der Waals surface area contributed by atoms with Gasteiger partial charge in [0, 0.05) is 94.5 Å². The number of anilines is 1. The number of para-hydroxylation sites is 1. The van der Waals surface area contributed by atoms with Crippen LogP contribution in [0.5, 0.6) is 0 Å². The number of hydrogen-bond donors (Lipinski definition) is 0. The van der Waals surface area contributed by atoms with Gasteiger partial charge in [-0.05, 0) is 93.8 Å². The number of ether oxygens (including phenoxy) is 2. The van der Waals surface area contributed by atoms with Crippen LogP contribution in [0.1, 0.15) is 74.6 Å². The molecule has 1 aliphatic heterocycles. The van der Waals surface area contributed by atoms with Crippen LogP contribution in [0.2, 0.25) is 0 Å². The Hall–Kier alpha value is -4.81. The normalized spacial score (nSPS) is 17.5. The summed E-state index contributed by atoms with van der Waals surface area (Å²) in [5.41, 5.74) is 4.47. The van der Waals surface area contributed by atoms with Crippen LogP contribution in [0.4, 0.5) is 10.6 Å². The van der Waals surface area contributed by atoms with Crippen molar-refractivity contribution in [3.8, 4) is 11.8 Å². The number of aromatic nitrogens is 2. The molecule has 1 aliphatic carbocycles. The fourth-order valence-electron chi connectivity index (χ4n) is 6.99. The highest BCUT2D eigenvalue weighted by molar-refractivity contribution is 5.86. The highest BCUT2D eigenvalue weighted by atomic mass is 16.6. The number of carbonyl (C=O) groups is 2. The molecule has 2 aromatic carbocycles. The van der Waals surface area contributed by atoms with Crippen LogP contribution in [0.25, 0.3) is 10.9 Å². The predicted molar refractivity (Wildman–Crippen MR) is 202 cm³/mol. The number of carbonyl (C=O) groups excluding carboxylic acids is 2. The average molecular weight is 690 g/mol. The molecule has 2 aliphatic rings. The van der Waals surface area contributed by atoms with Gasteiger partial charge in [0.25, 0.3) is 0 Å². The summed E-state index contributed by atoms with van der Waals surface area (Å²) < 4.78 is 13.4. The van der Waals surface area contributed by atoms with E-state index in [0.29, 0.717) is 32.7 Å². The van der Waals surface area contributed by atoms with Gasteiger partial charge < -0.3 is 28.7 Å². The van der Waals surface area contributed by atoms with E-state index < -0.39 is 11.5 Å². The van der Waals surface area contributed by atoms with Gasteiger partial charge in [-0.15, -0.1) is 0 Å². The van der Waals surface area contributed by atoms with Crippen molar-refractivity contribution in [2.24, 2.45) is 5.92 Å². The minimum absolute atomic E-state index is 0.0735. The zero-order valence-corrected chi connectivity index (χ0v) is 30.9. The van der Waals surface area contributed by atoms with Crippen molar-refractivity contribution in [2.45, 2.75) is 77.1 Å². The van der Waals surface area contributed by atoms with E-state index in [4.69, 9.17) is 9.47 Å². The van der Waals surface area contributed by atoms with Crippen LogP contribution in [-0.2, 0) is 27.4 Å². The number of rotatable bonds is 10. The van der Waals surface area contributed by atoms with Crippen molar-refractivity contribution in [2.75, 3.05) is 45.8 Å². The topological polar surface area (TPSA) is 80.1 Å². The highest BCUT2D eigenvalue weighted by Gasteiger charge is 2.43. The molecule has 1 saturated heterocycles. The fourth-order valence-corrected chi connectivity index (χ4v) is 6.99. The van der Waals surface area contributed by atoms with Gasteiger partial charge in [-0.2, -0.15) is 0 Å². The molecule has 51 heavy (non-hydrogen) atoms. The molecular weight excluding hydrogens is 638 g/mol. The summed E-state index contributed by atoms with van der Waals surface area (Å²) >= 11 is 0. The molecule has 9 nitrogen and oxygen atoms in total. The first kappa shape index (κ1) is 36.0. The van der Waals surface area contributed by atoms with Crippen LogP contribution in [-0.4, -0.2) is 83.9 Å². The van der Waals surface area contributed by atoms with Crippen molar-refractivity contribution in [1.82, 2.24) is 19.4 Å². The lowest BCUT2D eigenvalue weighted by atomic mass is 9.79. The average Bonchev–Trinajstić information content (AvgIpc) is 3.91. The van der Waals surface area contributed by atoms with Crippen molar-refractivity contribution in [1.29, 1.82) is 0 Å². The third kappa shape index (κ3) is 8.92. The quantitative estimate of drug-likeness (QED) is 0.131. The van der Waals surface area contributed by atoms with Gasteiger partial charge in [-0.3, -0.25) is 4.79 Å². The zero-order valence-electron chi connectivity index (χ0n) is 30.9. The molecule has 268 valence electrons. The van der Waals surface area contributed by atoms with Crippen molar-refractivity contribution in [3.05, 3.63) is 95.3 Å². The van der Waals surface area contributed by atoms with Gasteiger partial charge in [0.1, 0.15) is 11.4 Å². The molecule has 3 heterocycles. The molecule has 0 bridgehead atoms. The van der Waals surface area contributed by atoms with Crippen LogP contribution < -0.4 is 4.90 Å². The maximum Gasteiger partial charge on any atom is 0.410 e. The standard InChI is InChI=1S/C42H51N5O4/c1-42(2,3)51-41(49)46-23-21-35(32-12-9-11-30(25-32)15-16-31-17-20-39(43-26-31)44(4)5)37(29-46)40(48)47(34-18-19-34)28-33-27-45(22-10-24-50-6)38-14-8-7-13-36(33)38/h7-9,11-14,17,20,25-27,34-35,37H,10,18-19,21-24,28-29H2,1-6H3/t35-,37+/m1/s1. The lowest BCUT2D eigenvalue weighted by Crippen LogP contribution is -2.51. The summed E-state index contributed by atoms with van der Waals surface area (Å²) in [6.45, 7) is 8.52. The van der Waals surface area contributed by atoms with Crippen molar-refractivity contribution in [3.63, 3.8) is 0 Å². The Kier molecular flexibility index (Phi) is 11.0. The lowest BCUT2D eigenvalue weighted by Gasteiger charge is -2.40. The first-order valence-electron chi connectivity index (χ1n) is 18.1. The molecule has 1 saturated carbocycles. The van der Waals surface area contributed by atoms with Gasteiger partial charge in [-0.25, -0.2) is 9.78 Å². The third-order valence-electron chi connectivity index (χ3n) is 9.68. The zero-order chi connectivity index (χ0) is 36.1. The summed E-state index contributed by atoms with van der Waals surface area (Å²) in [6.07, 6.45) is 7.16. The first-order chi connectivity index (χ1) is 24.5. The van der Waals surface area contributed by atoms with Gasteiger partial charge in [0.05, 0.1) is 5.92 Å². The van der Waals surface area contributed by atoms with Crippen molar-refractivity contribution >= 4 is 28.7 Å². The molecule has 2 amide bonds. The molecule has 0 unspecified atom stereocenters. The van der Waals surface area contributed by atoms with Gasteiger partial charge in [0.2, 0.25) is 5.91 Å². The second-order valence-corrected chi connectivity index (χ2v) is 15.0. The van der Waals surface area contributed by atoms with E-state index in [2.05, 4.69) is 68.9 Å². The van der Waals surface area contributed by atoms with E-state index >= 15 is 0 Å². The monoisotopic (exact) mass is 689 g/mol. The third-order valence-corrected chi connectivity index (χ3v) is 9.68. The maximum atomic E-state index is 14.9. The summed E-state index contributed by atoms with van der Waals surface area (Å²) in [6, 6.07) is 20.8. The first-order valence-corrected chi connectivity index (χ1v) is 18.1. The van der Waals surface area contributed by atoms with E-state index in [-0.39, 0.29) is 24.0 Å². The molecular formula is C42H51N5O4. The van der Waals surface area contributed by atoms with Gasteiger partial charge in [-0.1, -0.05) is 42.2 Å². The second kappa shape index (κ2) is 15.6. The largest absolute Gasteiger partial charge is 0.444 e. The number of piperidine rings is 1. The minimum atomic E-state index is -0.625. The Morgan fingerprint density at radius 2 is 1.76 bits per heavy atom. The smallest absolute Gasteiger partial charge is 0.410 e. The Morgan fingerprint density at radius 3 is 2.47 bits per heavy atom. The number of likely N-dealkylation sites (tertiary alicyclic amines) is 1. The number of amides is 2. The fraction of sp³-hybridized carbons (Fsp3) is 0.452. The van der Waals surface area contributed by atoms with Crippen LogP contribution in [0, 0.1) is 17.8 Å². The molecule has 9 heteroatoms. The number of pyridine rings is 1. The Balaban J connectivity index is 1.29. The van der Waals surface area contributed by atoms with Gasteiger partial charge in [0.15, 0.2) is 0 Å². The van der Waals surface area contributed by atoms with Gasteiger partial charge >= 0.3 is 6.09 Å². The molecule has 6 rings (SSSR count). The van der Waals surface area contributed by atoms with E-state index in [0.717, 1.165) is 53.9 Å². The van der Waals surface area contributed by atoms with Crippen LogP contribution in [0.3, 0.4) is 0 Å². The van der Waals surface area contributed by atoms with Crippen LogP contribution in [0.15, 0.2) is 73.1 Å².